The van der Waals surface area contributed by atoms with Gasteiger partial charge in [0.2, 0.25) is 0 Å². The predicted octanol–water partition coefficient (Wildman–Crippen LogP) is 1.86. The van der Waals surface area contributed by atoms with E-state index in [4.69, 9.17) is 5.11 Å². The van der Waals surface area contributed by atoms with Crippen LogP contribution >= 0.6 is 0 Å². The van der Waals surface area contributed by atoms with Gasteiger partial charge < -0.3 is 5.11 Å². The first-order chi connectivity index (χ1) is 5.63. The SMILES string of the molecule is CC(CO)c1[c]c(F)cc(F)c1. The quantitative estimate of drug-likeness (QED) is 0.720. The summed E-state index contributed by atoms with van der Waals surface area (Å²) in [5, 5.41) is 8.71. The molecule has 0 saturated carbocycles. The van der Waals surface area contributed by atoms with Crippen LogP contribution in [0.4, 0.5) is 8.78 Å². The Hall–Kier alpha value is -0.960. The van der Waals surface area contributed by atoms with Gasteiger partial charge in [0.25, 0.3) is 0 Å². The molecule has 1 nitrogen and oxygen atoms in total. The highest BCUT2D eigenvalue weighted by Crippen LogP contribution is 2.16. The van der Waals surface area contributed by atoms with E-state index in [0.717, 1.165) is 6.07 Å². The Morgan fingerprint density at radius 2 is 2.17 bits per heavy atom. The maximum atomic E-state index is 12.6. The average molecular weight is 171 g/mol. The van der Waals surface area contributed by atoms with Crippen LogP contribution in [0.5, 0.6) is 0 Å². The van der Waals surface area contributed by atoms with E-state index in [1.165, 1.54) is 6.07 Å². The summed E-state index contributed by atoms with van der Waals surface area (Å²) in [4.78, 5) is 0. The van der Waals surface area contributed by atoms with Crippen molar-refractivity contribution in [1.82, 2.24) is 0 Å². The lowest BCUT2D eigenvalue weighted by Gasteiger charge is -2.07. The zero-order chi connectivity index (χ0) is 9.14. The van der Waals surface area contributed by atoms with Gasteiger partial charge in [-0.15, -0.1) is 0 Å². The summed E-state index contributed by atoms with van der Waals surface area (Å²) in [5.41, 5.74) is 0.356. The molecule has 1 rings (SSSR count). The fourth-order valence-electron chi connectivity index (χ4n) is 0.885. The molecular weight excluding hydrogens is 162 g/mol. The fraction of sp³-hybridized carbons (Fsp3) is 0.333. The highest BCUT2D eigenvalue weighted by Gasteiger charge is 2.07. The summed E-state index contributed by atoms with van der Waals surface area (Å²) in [6.07, 6.45) is 0. The monoisotopic (exact) mass is 171 g/mol. The molecule has 1 aromatic rings. The maximum Gasteiger partial charge on any atom is 0.134 e. The molecule has 0 aliphatic carbocycles. The van der Waals surface area contributed by atoms with E-state index < -0.39 is 11.6 Å². The molecule has 65 valence electrons. The van der Waals surface area contributed by atoms with Crippen LogP contribution in [0.15, 0.2) is 12.1 Å². The molecule has 1 radical (unpaired) electrons. The molecule has 0 spiro atoms. The molecule has 3 heteroatoms. The van der Waals surface area contributed by atoms with E-state index in [9.17, 15) is 8.78 Å². The van der Waals surface area contributed by atoms with Crippen molar-refractivity contribution in [3.8, 4) is 0 Å². The molecule has 0 aliphatic heterocycles. The van der Waals surface area contributed by atoms with Crippen LogP contribution in [0.2, 0.25) is 0 Å². The van der Waals surface area contributed by atoms with Gasteiger partial charge in [0.05, 0.1) is 0 Å². The van der Waals surface area contributed by atoms with Gasteiger partial charge in [0, 0.05) is 24.7 Å². The van der Waals surface area contributed by atoms with E-state index in [-0.39, 0.29) is 12.5 Å². The number of halogens is 2. The third-order valence-corrected chi connectivity index (χ3v) is 1.63. The van der Waals surface area contributed by atoms with Gasteiger partial charge in [-0.3, -0.25) is 0 Å². The Kier molecular flexibility index (Phi) is 2.76. The van der Waals surface area contributed by atoms with Crippen molar-refractivity contribution in [1.29, 1.82) is 0 Å². The number of aliphatic hydroxyl groups is 1. The van der Waals surface area contributed by atoms with E-state index >= 15 is 0 Å². The van der Waals surface area contributed by atoms with E-state index in [0.29, 0.717) is 5.56 Å². The van der Waals surface area contributed by atoms with Crippen molar-refractivity contribution in [2.45, 2.75) is 12.8 Å². The van der Waals surface area contributed by atoms with Gasteiger partial charge in [0.1, 0.15) is 11.6 Å². The second-order valence-electron chi connectivity index (χ2n) is 2.69. The average Bonchev–Trinajstić information content (AvgIpc) is 2.01. The Labute approximate surface area is 69.7 Å². The second-order valence-corrected chi connectivity index (χ2v) is 2.69. The van der Waals surface area contributed by atoms with Crippen LogP contribution in [0.3, 0.4) is 0 Å². The van der Waals surface area contributed by atoms with Crippen molar-refractivity contribution in [3.05, 3.63) is 35.4 Å². The molecule has 0 saturated heterocycles. The molecule has 1 atom stereocenters. The standard InChI is InChI=1S/C9H9F2O/c1-6(5-12)7-2-8(10)4-9(11)3-7/h2,4,6,12H,5H2,1H3. The van der Waals surface area contributed by atoms with E-state index in [1.807, 2.05) is 0 Å². The van der Waals surface area contributed by atoms with Crippen LogP contribution in [-0.4, -0.2) is 11.7 Å². The highest BCUT2D eigenvalue weighted by molar-refractivity contribution is 5.19. The van der Waals surface area contributed by atoms with Crippen LogP contribution in [0, 0.1) is 17.7 Å². The normalized spacial score (nSPS) is 13.0. The van der Waals surface area contributed by atoms with Crippen LogP contribution < -0.4 is 0 Å². The molecule has 0 aliphatic rings. The summed E-state index contributed by atoms with van der Waals surface area (Å²) in [6, 6.07) is 4.26. The first-order valence-corrected chi connectivity index (χ1v) is 3.62. The zero-order valence-electron chi connectivity index (χ0n) is 6.64. The van der Waals surface area contributed by atoms with Crippen molar-refractivity contribution in [2.75, 3.05) is 6.61 Å². The van der Waals surface area contributed by atoms with Crippen molar-refractivity contribution < 1.29 is 13.9 Å². The molecule has 1 unspecified atom stereocenters. The largest absolute Gasteiger partial charge is 0.396 e. The molecule has 1 aromatic carbocycles. The lowest BCUT2D eigenvalue weighted by molar-refractivity contribution is 0.272. The lowest BCUT2D eigenvalue weighted by atomic mass is 10.0. The summed E-state index contributed by atoms with van der Waals surface area (Å²) >= 11 is 0. The Bertz CT molecular complexity index is 253. The van der Waals surface area contributed by atoms with Gasteiger partial charge in [-0.05, 0) is 11.6 Å². The van der Waals surface area contributed by atoms with Crippen LogP contribution in [0.25, 0.3) is 0 Å². The van der Waals surface area contributed by atoms with Gasteiger partial charge in [-0.2, -0.15) is 0 Å². The van der Waals surface area contributed by atoms with E-state index in [1.54, 1.807) is 6.92 Å². The van der Waals surface area contributed by atoms with Gasteiger partial charge in [-0.1, -0.05) is 6.92 Å². The third kappa shape index (κ3) is 2.01. The highest BCUT2D eigenvalue weighted by atomic mass is 19.1. The van der Waals surface area contributed by atoms with Gasteiger partial charge in [-0.25, -0.2) is 8.78 Å². The molecule has 1 N–H and O–H groups in total. The van der Waals surface area contributed by atoms with Gasteiger partial charge in [0.15, 0.2) is 0 Å². The molecular formula is C9H9F2O. The second kappa shape index (κ2) is 3.63. The van der Waals surface area contributed by atoms with Gasteiger partial charge >= 0.3 is 0 Å². The summed E-state index contributed by atoms with van der Waals surface area (Å²) in [6.45, 7) is 1.53. The van der Waals surface area contributed by atoms with Crippen LogP contribution in [-0.2, 0) is 0 Å². The Balaban J connectivity index is 3.00. The minimum Gasteiger partial charge on any atom is -0.396 e. The third-order valence-electron chi connectivity index (χ3n) is 1.63. The smallest absolute Gasteiger partial charge is 0.134 e. The number of aliphatic hydroxyl groups excluding tert-OH is 1. The summed E-state index contributed by atoms with van der Waals surface area (Å²) in [7, 11) is 0. The number of hydrogen-bond donors (Lipinski definition) is 1. The number of hydrogen-bond acceptors (Lipinski definition) is 1. The lowest BCUT2D eigenvalue weighted by Crippen LogP contribution is -2.00. The maximum absolute atomic E-state index is 12.6. The van der Waals surface area contributed by atoms with Crippen molar-refractivity contribution >= 4 is 0 Å². The molecule has 0 heterocycles. The minimum absolute atomic E-state index is 0.139. The fourth-order valence-corrected chi connectivity index (χ4v) is 0.885. The Morgan fingerprint density at radius 3 is 2.67 bits per heavy atom. The first-order valence-electron chi connectivity index (χ1n) is 3.62. The Morgan fingerprint density at radius 1 is 1.50 bits per heavy atom. The first kappa shape index (κ1) is 9.13. The number of benzene rings is 1. The molecule has 0 fully saturated rings. The zero-order valence-corrected chi connectivity index (χ0v) is 6.64. The van der Waals surface area contributed by atoms with Crippen LogP contribution in [0.1, 0.15) is 18.4 Å². The van der Waals surface area contributed by atoms with Crippen molar-refractivity contribution in [2.24, 2.45) is 0 Å². The molecule has 12 heavy (non-hydrogen) atoms. The topological polar surface area (TPSA) is 20.2 Å². The molecule has 0 bridgehead atoms. The predicted molar refractivity (Wildman–Crippen MR) is 40.7 cm³/mol. The van der Waals surface area contributed by atoms with Crippen molar-refractivity contribution in [3.63, 3.8) is 0 Å². The minimum atomic E-state index is -0.731. The molecule has 0 amide bonds. The molecule has 0 aromatic heterocycles. The number of rotatable bonds is 2. The summed E-state index contributed by atoms with van der Waals surface area (Å²) < 4.78 is 25.1. The van der Waals surface area contributed by atoms with E-state index in [2.05, 4.69) is 6.07 Å². The summed E-state index contributed by atoms with van der Waals surface area (Å²) in [5.74, 6) is -1.65.